The Kier molecular flexibility index (Phi) is 3.94. The number of hydrogen-bond donors (Lipinski definition) is 0. The molecule has 4 nitrogen and oxygen atoms in total. The van der Waals surface area contributed by atoms with Gasteiger partial charge < -0.3 is 4.42 Å². The predicted octanol–water partition coefficient (Wildman–Crippen LogP) is 3.49. The number of nitrogens with zero attached hydrogens (tertiary/aromatic N) is 3. The van der Waals surface area contributed by atoms with E-state index in [-0.39, 0.29) is 0 Å². The van der Waals surface area contributed by atoms with Crippen molar-refractivity contribution in [2.45, 2.75) is 25.8 Å². The van der Waals surface area contributed by atoms with Crippen LogP contribution in [0.1, 0.15) is 25.2 Å². The van der Waals surface area contributed by atoms with Crippen molar-refractivity contribution >= 4 is 15.9 Å². The predicted molar refractivity (Wildman–Crippen MR) is 76.6 cm³/mol. The van der Waals surface area contributed by atoms with Crippen LogP contribution >= 0.6 is 15.9 Å². The molecule has 2 heterocycles. The number of halogens is 1. The molecule has 0 spiro atoms. The molecule has 100 valence electrons. The molecule has 2 aromatic rings. The molecule has 1 aromatic heterocycles. The van der Waals surface area contributed by atoms with Gasteiger partial charge in [0.05, 0.1) is 12.1 Å². The van der Waals surface area contributed by atoms with Gasteiger partial charge in [0, 0.05) is 4.47 Å². The van der Waals surface area contributed by atoms with E-state index in [1.807, 2.05) is 24.3 Å². The van der Waals surface area contributed by atoms with Gasteiger partial charge in [-0.2, -0.15) is 0 Å². The lowest BCUT2D eigenvalue weighted by Crippen LogP contribution is -2.29. The van der Waals surface area contributed by atoms with E-state index in [2.05, 4.69) is 31.0 Å². The first-order valence-electron chi connectivity index (χ1n) is 6.62. The molecule has 1 fully saturated rings. The Morgan fingerprint density at radius 1 is 1.11 bits per heavy atom. The second-order valence-electron chi connectivity index (χ2n) is 4.82. The largest absolute Gasteiger partial charge is 0.419 e. The maximum atomic E-state index is 5.76. The Balaban J connectivity index is 1.74. The van der Waals surface area contributed by atoms with Gasteiger partial charge >= 0.3 is 0 Å². The summed E-state index contributed by atoms with van der Waals surface area (Å²) in [7, 11) is 0. The standard InChI is InChI=1S/C14H16BrN3O/c15-12-7-3-2-6-11(12)14-17-16-13(19-14)10-18-8-4-1-5-9-18/h2-3,6-7H,1,4-5,8-10H2. The van der Waals surface area contributed by atoms with Crippen LogP contribution in [0.15, 0.2) is 33.2 Å². The van der Waals surface area contributed by atoms with Gasteiger partial charge in [0.1, 0.15) is 0 Å². The third-order valence-corrected chi connectivity index (χ3v) is 4.07. The van der Waals surface area contributed by atoms with E-state index in [9.17, 15) is 0 Å². The number of piperidine rings is 1. The van der Waals surface area contributed by atoms with Crippen molar-refractivity contribution in [3.8, 4) is 11.5 Å². The molecular weight excluding hydrogens is 306 g/mol. The first-order chi connectivity index (χ1) is 9.33. The van der Waals surface area contributed by atoms with Gasteiger partial charge in [-0.1, -0.05) is 18.6 Å². The third-order valence-electron chi connectivity index (χ3n) is 3.38. The Hall–Kier alpha value is -1.20. The maximum Gasteiger partial charge on any atom is 0.248 e. The zero-order valence-electron chi connectivity index (χ0n) is 10.7. The highest BCUT2D eigenvalue weighted by Crippen LogP contribution is 2.27. The average molecular weight is 322 g/mol. The summed E-state index contributed by atoms with van der Waals surface area (Å²) in [6, 6.07) is 7.89. The molecule has 0 amide bonds. The summed E-state index contributed by atoms with van der Waals surface area (Å²) in [6.07, 6.45) is 3.87. The van der Waals surface area contributed by atoms with Gasteiger partial charge in [-0.3, -0.25) is 4.90 Å². The van der Waals surface area contributed by atoms with Crippen LogP contribution in [0.4, 0.5) is 0 Å². The van der Waals surface area contributed by atoms with Gasteiger partial charge in [0.15, 0.2) is 0 Å². The summed E-state index contributed by atoms with van der Waals surface area (Å²) in [5.74, 6) is 1.28. The van der Waals surface area contributed by atoms with Crippen molar-refractivity contribution in [3.63, 3.8) is 0 Å². The molecule has 0 radical (unpaired) electrons. The normalized spacial score (nSPS) is 16.7. The average Bonchev–Trinajstić information content (AvgIpc) is 2.89. The van der Waals surface area contributed by atoms with Crippen LogP contribution in [0.5, 0.6) is 0 Å². The second kappa shape index (κ2) is 5.84. The molecule has 19 heavy (non-hydrogen) atoms. The lowest BCUT2D eigenvalue weighted by Gasteiger charge is -2.24. The van der Waals surface area contributed by atoms with Crippen molar-refractivity contribution in [1.29, 1.82) is 0 Å². The number of rotatable bonds is 3. The molecule has 0 bridgehead atoms. The Morgan fingerprint density at radius 2 is 1.89 bits per heavy atom. The zero-order valence-corrected chi connectivity index (χ0v) is 12.3. The first kappa shape index (κ1) is 12.8. The van der Waals surface area contributed by atoms with Gasteiger partial charge in [0.25, 0.3) is 0 Å². The van der Waals surface area contributed by atoms with Gasteiger partial charge in [-0.05, 0) is 54.0 Å². The first-order valence-corrected chi connectivity index (χ1v) is 7.42. The molecule has 0 saturated carbocycles. The lowest BCUT2D eigenvalue weighted by atomic mass is 10.1. The molecule has 5 heteroatoms. The topological polar surface area (TPSA) is 42.2 Å². The summed E-state index contributed by atoms with van der Waals surface area (Å²) in [4.78, 5) is 2.38. The Bertz CT molecular complexity index is 549. The van der Waals surface area contributed by atoms with Crippen LogP contribution in [0, 0.1) is 0 Å². The quantitative estimate of drug-likeness (QED) is 0.867. The monoisotopic (exact) mass is 321 g/mol. The van der Waals surface area contributed by atoms with E-state index in [1.54, 1.807) is 0 Å². The zero-order chi connectivity index (χ0) is 13.1. The van der Waals surface area contributed by atoms with Crippen molar-refractivity contribution in [2.24, 2.45) is 0 Å². The minimum atomic E-state index is 0.583. The number of benzene rings is 1. The molecule has 3 rings (SSSR count). The maximum absolute atomic E-state index is 5.76. The van der Waals surface area contributed by atoms with Crippen LogP contribution in [0.3, 0.4) is 0 Å². The molecule has 1 aliphatic heterocycles. The van der Waals surface area contributed by atoms with Gasteiger partial charge in [-0.25, -0.2) is 0 Å². The molecule has 0 aliphatic carbocycles. The SMILES string of the molecule is Brc1ccccc1-c1nnc(CN2CCCCC2)o1. The van der Waals surface area contributed by atoms with Crippen molar-refractivity contribution < 1.29 is 4.42 Å². The summed E-state index contributed by atoms with van der Waals surface area (Å²) in [5, 5.41) is 8.29. The van der Waals surface area contributed by atoms with Crippen molar-refractivity contribution in [3.05, 3.63) is 34.6 Å². The van der Waals surface area contributed by atoms with E-state index in [0.717, 1.165) is 29.7 Å². The summed E-state index contributed by atoms with van der Waals surface area (Å²) in [5.41, 5.74) is 0.944. The smallest absolute Gasteiger partial charge is 0.248 e. The molecule has 1 aliphatic rings. The van der Waals surface area contributed by atoms with E-state index >= 15 is 0 Å². The highest BCUT2D eigenvalue weighted by molar-refractivity contribution is 9.10. The number of aromatic nitrogens is 2. The van der Waals surface area contributed by atoms with Crippen LogP contribution in [0.25, 0.3) is 11.5 Å². The third kappa shape index (κ3) is 3.04. The van der Waals surface area contributed by atoms with E-state index in [4.69, 9.17) is 4.42 Å². The summed E-state index contributed by atoms with van der Waals surface area (Å²) < 4.78 is 6.73. The summed E-state index contributed by atoms with van der Waals surface area (Å²) in [6.45, 7) is 3.02. The van der Waals surface area contributed by atoms with Crippen LogP contribution in [0.2, 0.25) is 0 Å². The lowest BCUT2D eigenvalue weighted by molar-refractivity contribution is 0.202. The fourth-order valence-electron chi connectivity index (χ4n) is 2.37. The van der Waals surface area contributed by atoms with Crippen LogP contribution in [-0.4, -0.2) is 28.2 Å². The van der Waals surface area contributed by atoms with Gasteiger partial charge in [-0.15, -0.1) is 10.2 Å². The van der Waals surface area contributed by atoms with E-state index in [1.165, 1.54) is 19.3 Å². The molecule has 1 aromatic carbocycles. The fourth-order valence-corrected chi connectivity index (χ4v) is 2.82. The minimum Gasteiger partial charge on any atom is -0.419 e. The Labute approximate surface area is 121 Å². The molecular formula is C14H16BrN3O. The van der Waals surface area contributed by atoms with E-state index in [0.29, 0.717) is 11.8 Å². The van der Waals surface area contributed by atoms with Crippen molar-refractivity contribution in [1.82, 2.24) is 15.1 Å². The molecule has 1 saturated heterocycles. The number of likely N-dealkylation sites (tertiary alicyclic amines) is 1. The fraction of sp³-hybridized carbons (Fsp3) is 0.429. The second-order valence-corrected chi connectivity index (χ2v) is 5.67. The molecule has 0 N–H and O–H groups in total. The van der Waals surface area contributed by atoms with Crippen LogP contribution in [-0.2, 0) is 6.54 Å². The number of hydrogen-bond acceptors (Lipinski definition) is 4. The van der Waals surface area contributed by atoms with E-state index < -0.39 is 0 Å². The molecule has 0 unspecified atom stereocenters. The highest BCUT2D eigenvalue weighted by Gasteiger charge is 2.15. The van der Waals surface area contributed by atoms with Gasteiger partial charge in [0.2, 0.25) is 11.8 Å². The molecule has 0 atom stereocenters. The Morgan fingerprint density at radius 3 is 2.68 bits per heavy atom. The minimum absolute atomic E-state index is 0.583. The van der Waals surface area contributed by atoms with Crippen LogP contribution < -0.4 is 0 Å². The van der Waals surface area contributed by atoms with Crippen molar-refractivity contribution in [2.75, 3.05) is 13.1 Å². The summed E-state index contributed by atoms with van der Waals surface area (Å²) >= 11 is 3.50. The highest BCUT2D eigenvalue weighted by atomic mass is 79.9.